The Bertz CT molecular complexity index is 720. The largest absolute Gasteiger partial charge is 0.478 e. The molecule has 0 saturated heterocycles. The molecule has 0 aliphatic carbocycles. The molecule has 0 spiro atoms. The Balaban J connectivity index is 0.00000264. The highest BCUT2D eigenvalue weighted by molar-refractivity contribution is 6.31. The monoisotopic (exact) mass is 367 g/mol. The average molecular weight is 368 g/mol. The SMILES string of the molecule is Cl.NCC#Cc1cc(Cl)cc2c1OC(C(F)(F)F)C(C(=O)O)=C2. The van der Waals surface area contributed by atoms with Crippen molar-refractivity contribution in [2.45, 2.75) is 12.3 Å². The van der Waals surface area contributed by atoms with Gasteiger partial charge in [-0.3, -0.25) is 0 Å². The molecule has 0 aromatic heterocycles. The van der Waals surface area contributed by atoms with Crippen LogP contribution in [-0.2, 0) is 4.79 Å². The van der Waals surface area contributed by atoms with Crippen molar-refractivity contribution in [3.8, 4) is 17.6 Å². The molecule has 4 nitrogen and oxygen atoms in total. The molecule has 3 N–H and O–H groups in total. The van der Waals surface area contributed by atoms with Gasteiger partial charge in [-0.05, 0) is 18.2 Å². The van der Waals surface area contributed by atoms with Crippen molar-refractivity contribution in [2.75, 3.05) is 6.54 Å². The molecule has 2 rings (SSSR count). The number of carboxylic acid groups (broad SMARTS) is 1. The number of carbonyl (C=O) groups is 1. The minimum Gasteiger partial charge on any atom is -0.478 e. The van der Waals surface area contributed by atoms with Crippen molar-refractivity contribution in [3.63, 3.8) is 0 Å². The molecule has 0 saturated carbocycles. The van der Waals surface area contributed by atoms with Crippen molar-refractivity contribution in [3.05, 3.63) is 33.9 Å². The van der Waals surface area contributed by atoms with Crippen LogP contribution in [0.15, 0.2) is 17.7 Å². The summed E-state index contributed by atoms with van der Waals surface area (Å²) in [7, 11) is 0. The number of nitrogens with two attached hydrogens (primary N) is 1. The number of rotatable bonds is 1. The second-order valence-corrected chi connectivity index (χ2v) is 4.76. The first kappa shape index (κ1) is 19.2. The molecule has 0 fully saturated rings. The summed E-state index contributed by atoms with van der Waals surface area (Å²) in [4.78, 5) is 11.0. The van der Waals surface area contributed by atoms with Gasteiger partial charge >= 0.3 is 12.1 Å². The van der Waals surface area contributed by atoms with E-state index < -0.39 is 23.8 Å². The van der Waals surface area contributed by atoms with Crippen LogP contribution in [0.2, 0.25) is 5.02 Å². The number of halogens is 5. The summed E-state index contributed by atoms with van der Waals surface area (Å²) in [5.41, 5.74) is 4.55. The molecule has 1 atom stereocenters. The second-order valence-electron chi connectivity index (χ2n) is 4.32. The number of fused-ring (bicyclic) bond motifs is 1. The highest BCUT2D eigenvalue weighted by Gasteiger charge is 2.48. The molecule has 1 aromatic rings. The Morgan fingerprint density at radius 2 is 2.09 bits per heavy atom. The van der Waals surface area contributed by atoms with Crippen LogP contribution < -0.4 is 10.5 Å². The van der Waals surface area contributed by atoms with E-state index in [1.54, 1.807) is 0 Å². The summed E-state index contributed by atoms with van der Waals surface area (Å²) in [5.74, 6) is 3.16. The van der Waals surface area contributed by atoms with Gasteiger partial charge in [-0.25, -0.2) is 4.79 Å². The van der Waals surface area contributed by atoms with Crippen LogP contribution in [0, 0.1) is 11.8 Å². The summed E-state index contributed by atoms with van der Waals surface area (Å²) in [6.07, 6.45) is -6.56. The number of hydrogen-bond donors (Lipinski definition) is 2. The molecule has 0 radical (unpaired) electrons. The van der Waals surface area contributed by atoms with E-state index in [0.29, 0.717) is 0 Å². The van der Waals surface area contributed by atoms with Crippen LogP contribution in [0.1, 0.15) is 11.1 Å². The number of benzene rings is 1. The first-order valence-corrected chi connectivity index (χ1v) is 6.32. The number of aliphatic carboxylic acids is 1. The normalized spacial score (nSPS) is 16.0. The van der Waals surface area contributed by atoms with Gasteiger partial charge in [0.2, 0.25) is 6.10 Å². The van der Waals surface area contributed by atoms with Gasteiger partial charge in [-0.1, -0.05) is 23.4 Å². The second kappa shape index (κ2) is 7.13. The zero-order chi connectivity index (χ0) is 16.5. The van der Waals surface area contributed by atoms with E-state index in [1.807, 2.05) is 0 Å². The third kappa shape index (κ3) is 4.10. The number of hydrogen-bond acceptors (Lipinski definition) is 3. The van der Waals surface area contributed by atoms with E-state index in [-0.39, 0.29) is 40.9 Å². The van der Waals surface area contributed by atoms with Gasteiger partial charge in [0.25, 0.3) is 0 Å². The van der Waals surface area contributed by atoms with Crippen molar-refractivity contribution >= 4 is 36.1 Å². The quantitative estimate of drug-likeness (QED) is 0.748. The molecule has 0 amide bonds. The van der Waals surface area contributed by atoms with Crippen LogP contribution in [-0.4, -0.2) is 29.9 Å². The predicted octanol–water partition coefficient (Wildman–Crippen LogP) is 2.86. The van der Waals surface area contributed by atoms with Gasteiger partial charge in [-0.2, -0.15) is 13.2 Å². The zero-order valence-corrected chi connectivity index (χ0v) is 12.9. The van der Waals surface area contributed by atoms with Crippen LogP contribution in [0.4, 0.5) is 13.2 Å². The summed E-state index contributed by atoms with van der Waals surface area (Å²) in [6, 6.07) is 2.64. The highest BCUT2D eigenvalue weighted by Crippen LogP contribution is 2.40. The lowest BCUT2D eigenvalue weighted by molar-refractivity contribution is -0.187. The van der Waals surface area contributed by atoms with E-state index in [1.165, 1.54) is 12.1 Å². The molecule has 23 heavy (non-hydrogen) atoms. The summed E-state index contributed by atoms with van der Waals surface area (Å²) < 4.78 is 43.9. The molecular weight excluding hydrogens is 358 g/mol. The third-order valence-corrected chi connectivity index (χ3v) is 3.00. The van der Waals surface area contributed by atoms with E-state index in [4.69, 9.17) is 27.2 Å². The summed E-state index contributed by atoms with van der Waals surface area (Å²) in [6.45, 7) is 0.000200. The van der Waals surface area contributed by atoms with Crippen LogP contribution in [0.3, 0.4) is 0 Å². The van der Waals surface area contributed by atoms with Crippen molar-refractivity contribution in [2.24, 2.45) is 5.73 Å². The van der Waals surface area contributed by atoms with Gasteiger partial charge in [-0.15, -0.1) is 12.4 Å². The zero-order valence-electron chi connectivity index (χ0n) is 11.3. The van der Waals surface area contributed by atoms with Gasteiger partial charge in [0.05, 0.1) is 17.7 Å². The number of carboxylic acids is 1. The predicted molar refractivity (Wildman–Crippen MR) is 80.7 cm³/mol. The number of alkyl halides is 3. The van der Waals surface area contributed by atoms with Crippen molar-refractivity contribution < 1.29 is 27.8 Å². The maximum Gasteiger partial charge on any atom is 0.430 e. The minimum absolute atomic E-state index is 0. The lowest BCUT2D eigenvalue weighted by Gasteiger charge is -2.27. The lowest BCUT2D eigenvalue weighted by Crippen LogP contribution is -2.40. The van der Waals surface area contributed by atoms with Crippen LogP contribution in [0.5, 0.6) is 5.75 Å². The molecular formula is C14H10Cl2F3NO3. The van der Waals surface area contributed by atoms with E-state index >= 15 is 0 Å². The van der Waals surface area contributed by atoms with E-state index in [2.05, 4.69) is 11.8 Å². The summed E-state index contributed by atoms with van der Waals surface area (Å²) in [5, 5.41) is 9.14. The number of ether oxygens (including phenoxy) is 1. The Labute approximate surface area is 140 Å². The molecule has 1 aliphatic heterocycles. The fourth-order valence-electron chi connectivity index (χ4n) is 1.93. The molecule has 124 valence electrons. The van der Waals surface area contributed by atoms with Gasteiger partial charge in [0.15, 0.2) is 0 Å². The van der Waals surface area contributed by atoms with Crippen LogP contribution in [0.25, 0.3) is 6.08 Å². The summed E-state index contributed by atoms with van der Waals surface area (Å²) >= 11 is 5.86. The minimum atomic E-state index is -4.87. The highest BCUT2D eigenvalue weighted by atomic mass is 35.5. The molecule has 1 heterocycles. The fourth-order valence-corrected chi connectivity index (χ4v) is 2.16. The molecule has 1 aromatic carbocycles. The standard InChI is InChI=1S/C14H9ClF3NO3.ClH/c15-9-4-7(2-1-3-19)11-8(5-9)6-10(13(20)21)12(22-11)14(16,17)18;/h4-6,12H,3,19H2,(H,20,21);1H. The van der Waals surface area contributed by atoms with Gasteiger partial charge in [0, 0.05) is 10.6 Å². The smallest absolute Gasteiger partial charge is 0.430 e. The van der Waals surface area contributed by atoms with Gasteiger partial charge < -0.3 is 15.6 Å². The first-order valence-electron chi connectivity index (χ1n) is 5.94. The Morgan fingerprint density at radius 1 is 1.43 bits per heavy atom. The fraction of sp³-hybridized carbons (Fsp3) is 0.214. The third-order valence-electron chi connectivity index (χ3n) is 2.78. The first-order chi connectivity index (χ1) is 10.2. The topological polar surface area (TPSA) is 72.5 Å². The molecule has 0 bridgehead atoms. The van der Waals surface area contributed by atoms with Crippen molar-refractivity contribution in [1.82, 2.24) is 0 Å². The average Bonchev–Trinajstić information content (AvgIpc) is 2.42. The molecule has 9 heteroatoms. The molecule has 1 unspecified atom stereocenters. The Kier molecular flexibility index (Phi) is 5.94. The molecule has 1 aliphatic rings. The maximum absolute atomic E-state index is 13.0. The Hall–Kier alpha value is -1.88. The van der Waals surface area contributed by atoms with Gasteiger partial charge in [0.1, 0.15) is 5.75 Å². The Morgan fingerprint density at radius 3 is 2.61 bits per heavy atom. The van der Waals surface area contributed by atoms with Crippen molar-refractivity contribution in [1.29, 1.82) is 0 Å². The maximum atomic E-state index is 13.0. The van der Waals surface area contributed by atoms with E-state index in [0.717, 1.165) is 6.08 Å². The lowest BCUT2D eigenvalue weighted by atomic mass is 9.99. The van der Waals surface area contributed by atoms with Crippen LogP contribution >= 0.6 is 24.0 Å². The van der Waals surface area contributed by atoms with E-state index in [9.17, 15) is 18.0 Å².